The lowest BCUT2D eigenvalue weighted by Crippen LogP contribution is -1.97. The van der Waals surface area contributed by atoms with Crippen molar-refractivity contribution in [3.8, 4) is 5.75 Å². The molecule has 0 spiro atoms. The van der Waals surface area contributed by atoms with Gasteiger partial charge in [0.1, 0.15) is 5.75 Å². The maximum Gasteiger partial charge on any atom is 0.119 e. The van der Waals surface area contributed by atoms with Gasteiger partial charge >= 0.3 is 0 Å². The van der Waals surface area contributed by atoms with Gasteiger partial charge in [-0.25, -0.2) is 0 Å². The van der Waals surface area contributed by atoms with Crippen LogP contribution in [0.25, 0.3) is 0 Å². The van der Waals surface area contributed by atoms with Crippen LogP contribution in [-0.4, -0.2) is 6.61 Å². The van der Waals surface area contributed by atoms with Crippen molar-refractivity contribution in [1.29, 1.82) is 0 Å². The first kappa shape index (κ1) is 12.8. The van der Waals surface area contributed by atoms with Gasteiger partial charge in [-0.15, -0.1) is 6.58 Å². The summed E-state index contributed by atoms with van der Waals surface area (Å²) in [4.78, 5) is 0. The molecule has 0 amide bonds. The Morgan fingerprint density at radius 2 is 2.06 bits per heavy atom. The topological polar surface area (TPSA) is 9.23 Å². The molecule has 1 aromatic rings. The minimum atomic E-state index is 0.710. The van der Waals surface area contributed by atoms with Crippen molar-refractivity contribution in [2.45, 2.75) is 33.6 Å². The Bertz CT molecular complexity index is 317. The van der Waals surface area contributed by atoms with Gasteiger partial charge in [-0.05, 0) is 36.6 Å². The van der Waals surface area contributed by atoms with Crippen LogP contribution in [0.15, 0.2) is 30.9 Å². The molecular weight excluding hydrogens is 196 g/mol. The Labute approximate surface area is 99.1 Å². The zero-order chi connectivity index (χ0) is 12.0. The molecule has 0 saturated carbocycles. The van der Waals surface area contributed by atoms with Crippen LogP contribution in [0.2, 0.25) is 0 Å². The summed E-state index contributed by atoms with van der Waals surface area (Å²) in [6.07, 6.45) is 4.14. The van der Waals surface area contributed by atoms with E-state index in [9.17, 15) is 0 Å². The molecule has 0 aliphatic heterocycles. The van der Waals surface area contributed by atoms with E-state index >= 15 is 0 Å². The molecule has 0 N–H and O–H groups in total. The molecule has 87 valence electrons. The molecule has 1 heteroatoms. The fourth-order valence-electron chi connectivity index (χ4n) is 1.69. The van der Waals surface area contributed by atoms with Crippen LogP contribution in [-0.2, 0) is 6.42 Å². The number of hydrogen-bond donors (Lipinski definition) is 0. The van der Waals surface area contributed by atoms with Crippen LogP contribution in [0.3, 0.4) is 0 Å². The number of benzene rings is 1. The molecule has 1 rings (SSSR count). The number of allylic oxidation sites excluding steroid dienone is 1. The summed E-state index contributed by atoms with van der Waals surface area (Å²) in [6.45, 7) is 10.8. The fraction of sp³-hybridized carbons (Fsp3) is 0.400. The van der Waals surface area contributed by atoms with Crippen LogP contribution in [0.5, 0.6) is 5.75 Å². The van der Waals surface area contributed by atoms with Crippen molar-refractivity contribution < 1.29 is 4.74 Å². The van der Waals surface area contributed by atoms with E-state index < -0.39 is 0 Å². The average molecular weight is 217 g/mol. The first-order valence-electron chi connectivity index (χ1n) is 5.94. The van der Waals surface area contributed by atoms with E-state index in [2.05, 4.69) is 38.6 Å². The highest BCUT2D eigenvalue weighted by Gasteiger charge is 2.06. The Kier molecular flexibility index (Phi) is 5.10. The van der Waals surface area contributed by atoms with E-state index in [1.165, 1.54) is 17.0 Å². The average Bonchev–Trinajstić information content (AvgIpc) is 2.28. The SMILES string of the molecule is C=C[C](C)c1cc(CCC)cc(OCC)c1. The third-order valence-electron chi connectivity index (χ3n) is 2.58. The molecule has 0 aliphatic rings. The van der Waals surface area contributed by atoms with Crippen molar-refractivity contribution in [3.05, 3.63) is 47.9 Å². The van der Waals surface area contributed by atoms with Crippen LogP contribution in [0.4, 0.5) is 0 Å². The fourth-order valence-corrected chi connectivity index (χ4v) is 1.69. The molecule has 0 aromatic heterocycles. The molecule has 0 fully saturated rings. The predicted molar refractivity (Wildman–Crippen MR) is 69.8 cm³/mol. The highest BCUT2D eigenvalue weighted by Crippen LogP contribution is 2.24. The third-order valence-corrected chi connectivity index (χ3v) is 2.58. The number of rotatable bonds is 6. The number of hydrogen-bond acceptors (Lipinski definition) is 1. The van der Waals surface area contributed by atoms with E-state index in [-0.39, 0.29) is 0 Å². The lowest BCUT2D eigenvalue weighted by molar-refractivity contribution is 0.339. The maximum absolute atomic E-state index is 5.58. The van der Waals surface area contributed by atoms with Crippen molar-refractivity contribution in [3.63, 3.8) is 0 Å². The molecule has 0 heterocycles. The van der Waals surface area contributed by atoms with Crippen LogP contribution in [0.1, 0.15) is 38.3 Å². The molecule has 0 bridgehead atoms. The Balaban J connectivity index is 3.02. The molecule has 0 atom stereocenters. The lowest BCUT2D eigenvalue weighted by atomic mass is 9.97. The molecule has 1 aromatic carbocycles. The van der Waals surface area contributed by atoms with E-state index in [0.29, 0.717) is 6.61 Å². The predicted octanol–water partition coefficient (Wildman–Crippen LogP) is 4.17. The number of aryl methyl sites for hydroxylation is 1. The van der Waals surface area contributed by atoms with Gasteiger partial charge in [-0.1, -0.05) is 32.4 Å². The van der Waals surface area contributed by atoms with Gasteiger partial charge in [0.25, 0.3) is 0 Å². The van der Waals surface area contributed by atoms with Crippen molar-refractivity contribution in [2.24, 2.45) is 0 Å². The van der Waals surface area contributed by atoms with Gasteiger partial charge in [0.05, 0.1) is 6.61 Å². The monoisotopic (exact) mass is 217 g/mol. The van der Waals surface area contributed by atoms with Crippen molar-refractivity contribution in [2.75, 3.05) is 6.61 Å². The smallest absolute Gasteiger partial charge is 0.119 e. The molecule has 0 saturated heterocycles. The van der Waals surface area contributed by atoms with Gasteiger partial charge in [0, 0.05) is 5.92 Å². The highest BCUT2D eigenvalue weighted by molar-refractivity contribution is 5.43. The lowest BCUT2D eigenvalue weighted by Gasteiger charge is -2.12. The summed E-state index contributed by atoms with van der Waals surface area (Å²) < 4.78 is 5.58. The molecule has 1 nitrogen and oxygen atoms in total. The first-order valence-corrected chi connectivity index (χ1v) is 5.94. The van der Waals surface area contributed by atoms with Gasteiger partial charge in [-0.2, -0.15) is 0 Å². The summed E-state index contributed by atoms with van der Waals surface area (Å²) >= 11 is 0. The second-order valence-corrected chi connectivity index (χ2v) is 3.94. The largest absolute Gasteiger partial charge is 0.494 e. The van der Waals surface area contributed by atoms with Gasteiger partial charge < -0.3 is 4.74 Å². The Hall–Kier alpha value is -1.24. The highest BCUT2D eigenvalue weighted by atomic mass is 16.5. The van der Waals surface area contributed by atoms with E-state index in [1.807, 2.05) is 13.0 Å². The van der Waals surface area contributed by atoms with Gasteiger partial charge in [0.15, 0.2) is 0 Å². The molecule has 16 heavy (non-hydrogen) atoms. The van der Waals surface area contributed by atoms with Crippen LogP contribution < -0.4 is 4.74 Å². The summed E-state index contributed by atoms with van der Waals surface area (Å²) in [6, 6.07) is 6.44. The Morgan fingerprint density at radius 1 is 1.31 bits per heavy atom. The second kappa shape index (κ2) is 6.37. The van der Waals surface area contributed by atoms with Gasteiger partial charge in [-0.3, -0.25) is 0 Å². The van der Waals surface area contributed by atoms with Gasteiger partial charge in [0.2, 0.25) is 0 Å². The summed E-state index contributed by atoms with van der Waals surface area (Å²) in [7, 11) is 0. The second-order valence-electron chi connectivity index (χ2n) is 3.94. The first-order chi connectivity index (χ1) is 7.71. The molecule has 0 aliphatic carbocycles. The maximum atomic E-state index is 5.58. The summed E-state index contributed by atoms with van der Waals surface area (Å²) in [5.74, 6) is 2.16. The van der Waals surface area contributed by atoms with Crippen molar-refractivity contribution >= 4 is 0 Å². The molecule has 1 radical (unpaired) electrons. The normalized spacial score (nSPS) is 10.5. The third kappa shape index (κ3) is 3.41. The molecule has 0 unspecified atom stereocenters. The van der Waals surface area contributed by atoms with E-state index in [1.54, 1.807) is 0 Å². The van der Waals surface area contributed by atoms with E-state index in [0.717, 1.165) is 18.6 Å². The van der Waals surface area contributed by atoms with E-state index in [4.69, 9.17) is 4.74 Å². The zero-order valence-corrected chi connectivity index (χ0v) is 10.5. The Morgan fingerprint density at radius 3 is 2.62 bits per heavy atom. The van der Waals surface area contributed by atoms with Crippen LogP contribution in [0, 0.1) is 5.92 Å². The number of ether oxygens (including phenoxy) is 1. The molecular formula is C15H21O. The quantitative estimate of drug-likeness (QED) is 0.695. The summed E-state index contributed by atoms with van der Waals surface area (Å²) in [5.41, 5.74) is 2.55. The minimum Gasteiger partial charge on any atom is -0.494 e. The van der Waals surface area contributed by atoms with Crippen LogP contribution >= 0.6 is 0 Å². The minimum absolute atomic E-state index is 0.710. The standard InChI is InChI=1S/C15H21O/c1-5-8-13-9-14(12(4)6-2)11-15(10-13)16-7-3/h6,9-11H,2,5,7-8H2,1,3-4H3. The summed E-state index contributed by atoms with van der Waals surface area (Å²) in [5, 5.41) is 0. The van der Waals surface area contributed by atoms with Crippen molar-refractivity contribution in [1.82, 2.24) is 0 Å². The zero-order valence-electron chi connectivity index (χ0n) is 10.5.